The summed E-state index contributed by atoms with van der Waals surface area (Å²) in [4.78, 5) is 59.9. The van der Waals surface area contributed by atoms with Gasteiger partial charge in [0.05, 0.1) is 32.3 Å². The number of rotatable bonds is 10. The molecule has 0 aliphatic carbocycles. The molecule has 1 fully saturated rings. The average Bonchev–Trinajstić information content (AvgIpc) is 3.43. The van der Waals surface area contributed by atoms with Crippen LogP contribution in [-0.4, -0.2) is 61.1 Å². The highest BCUT2D eigenvalue weighted by molar-refractivity contribution is 6.13. The smallest absolute Gasteiger partial charge is 0.373 e. The molecule has 1 aromatic carbocycles. The van der Waals surface area contributed by atoms with Gasteiger partial charge in [-0.3, -0.25) is 19.8 Å². The van der Waals surface area contributed by atoms with E-state index in [9.17, 15) is 29.3 Å². The summed E-state index contributed by atoms with van der Waals surface area (Å²) in [6.07, 6.45) is 1.22. The maximum absolute atomic E-state index is 12.8. The van der Waals surface area contributed by atoms with Crippen LogP contribution in [0.2, 0.25) is 0 Å². The molecule has 14 nitrogen and oxygen atoms in total. The third kappa shape index (κ3) is 5.60. The predicted octanol–water partition coefficient (Wildman–Crippen LogP) is 2.02. The molecule has 14 heteroatoms. The van der Waals surface area contributed by atoms with Crippen LogP contribution in [0.15, 0.2) is 34.4 Å². The number of amides is 3. The molecule has 1 aliphatic rings. The number of benzene rings is 1. The molecule has 1 aromatic heterocycles. The molecule has 0 unspecified atom stereocenters. The van der Waals surface area contributed by atoms with Crippen LogP contribution in [-0.2, 0) is 25.6 Å². The van der Waals surface area contributed by atoms with Gasteiger partial charge in [-0.05, 0) is 36.8 Å². The summed E-state index contributed by atoms with van der Waals surface area (Å²) in [5.74, 6) is -2.50. The summed E-state index contributed by atoms with van der Waals surface area (Å²) in [7, 11) is 2.32. The number of nitro benzene ring substituents is 1. The Kier molecular flexibility index (Phi) is 7.89. The maximum atomic E-state index is 12.8. The Morgan fingerprint density at radius 3 is 2.56 bits per heavy atom. The lowest BCUT2D eigenvalue weighted by Crippen LogP contribution is -2.30. The number of urea groups is 1. The standard InChI is InChI=1S/C22H21N3O11/c1-4-34-17-9-12(8-15(25(30)31)19(17)35-11-18(26)32-2)7-14-20(27)24(22(29)23-14)10-13-5-6-16(36-13)21(28)33-3/h5-9H,4,10-11H2,1-3H3,(H,23,29)/b14-7-. The van der Waals surface area contributed by atoms with Crippen LogP contribution >= 0.6 is 0 Å². The van der Waals surface area contributed by atoms with Crippen LogP contribution in [0, 0.1) is 10.1 Å². The van der Waals surface area contributed by atoms with Crippen molar-refractivity contribution in [3.05, 3.63) is 57.2 Å². The number of carbonyl (C=O) groups excluding carboxylic acids is 4. The number of esters is 2. The minimum atomic E-state index is -0.764. The number of carbonyl (C=O) groups is 4. The topological polar surface area (TPSA) is 177 Å². The van der Waals surface area contributed by atoms with Gasteiger partial charge in [-0.2, -0.15) is 0 Å². The van der Waals surface area contributed by atoms with Crippen LogP contribution < -0.4 is 14.8 Å². The lowest BCUT2D eigenvalue weighted by Gasteiger charge is -2.12. The van der Waals surface area contributed by atoms with Crippen molar-refractivity contribution in [1.29, 1.82) is 0 Å². The first-order valence-electron chi connectivity index (χ1n) is 10.3. The molecule has 2 aromatic rings. The highest BCUT2D eigenvalue weighted by Crippen LogP contribution is 2.39. The second-order valence-electron chi connectivity index (χ2n) is 7.06. The number of hydrogen-bond acceptors (Lipinski definition) is 11. The number of furan rings is 1. The molecule has 0 radical (unpaired) electrons. The van der Waals surface area contributed by atoms with Gasteiger partial charge in [0.2, 0.25) is 11.5 Å². The van der Waals surface area contributed by atoms with Crippen LogP contribution in [0.5, 0.6) is 11.5 Å². The van der Waals surface area contributed by atoms with Crippen LogP contribution in [0.1, 0.15) is 28.8 Å². The zero-order chi connectivity index (χ0) is 26.4. The third-order valence-electron chi connectivity index (χ3n) is 4.75. The van der Waals surface area contributed by atoms with Crippen molar-refractivity contribution >= 4 is 35.6 Å². The van der Waals surface area contributed by atoms with E-state index in [1.807, 2.05) is 0 Å². The van der Waals surface area contributed by atoms with E-state index in [1.165, 1.54) is 31.4 Å². The number of methoxy groups -OCH3 is 2. The molecule has 1 aliphatic heterocycles. The molecule has 0 bridgehead atoms. The van der Waals surface area contributed by atoms with E-state index >= 15 is 0 Å². The van der Waals surface area contributed by atoms with Crippen molar-refractivity contribution in [2.24, 2.45) is 0 Å². The minimum Gasteiger partial charge on any atom is -0.490 e. The second-order valence-corrected chi connectivity index (χ2v) is 7.06. The van der Waals surface area contributed by atoms with Crippen LogP contribution in [0.3, 0.4) is 0 Å². The van der Waals surface area contributed by atoms with Gasteiger partial charge < -0.3 is 28.7 Å². The average molecular weight is 503 g/mol. The van der Waals surface area contributed by atoms with Gasteiger partial charge in [0.25, 0.3) is 5.91 Å². The van der Waals surface area contributed by atoms with E-state index < -0.39 is 41.1 Å². The maximum Gasteiger partial charge on any atom is 0.373 e. The Bertz CT molecular complexity index is 1250. The van der Waals surface area contributed by atoms with Crippen molar-refractivity contribution in [2.75, 3.05) is 27.4 Å². The van der Waals surface area contributed by atoms with Crippen LogP contribution in [0.25, 0.3) is 6.08 Å². The largest absolute Gasteiger partial charge is 0.490 e. The highest BCUT2D eigenvalue weighted by atomic mass is 16.6. The second kappa shape index (κ2) is 11.0. The number of hydrogen-bond donors (Lipinski definition) is 1. The number of nitrogens with zero attached hydrogens (tertiary/aromatic N) is 2. The molecule has 0 atom stereocenters. The molecular formula is C22H21N3O11. The van der Waals surface area contributed by atoms with Gasteiger partial charge in [0.1, 0.15) is 11.5 Å². The third-order valence-corrected chi connectivity index (χ3v) is 4.75. The molecule has 0 spiro atoms. The normalized spacial score (nSPS) is 14.0. The van der Waals surface area contributed by atoms with Crippen molar-refractivity contribution in [3.63, 3.8) is 0 Å². The van der Waals surface area contributed by atoms with Gasteiger partial charge in [0.15, 0.2) is 12.4 Å². The fourth-order valence-electron chi connectivity index (χ4n) is 3.14. The fraction of sp³-hybridized carbons (Fsp3) is 0.273. The molecule has 1 saturated heterocycles. The molecule has 3 rings (SSSR count). The van der Waals surface area contributed by atoms with Crippen molar-refractivity contribution < 1.29 is 47.5 Å². The number of nitrogens with one attached hydrogen (secondary N) is 1. The number of nitro groups is 1. The zero-order valence-corrected chi connectivity index (χ0v) is 19.4. The van der Waals surface area contributed by atoms with E-state index in [0.717, 1.165) is 18.1 Å². The Morgan fingerprint density at radius 2 is 1.92 bits per heavy atom. The van der Waals surface area contributed by atoms with Crippen molar-refractivity contribution in [3.8, 4) is 11.5 Å². The summed E-state index contributed by atoms with van der Waals surface area (Å²) in [5.41, 5.74) is -0.553. The molecule has 0 saturated carbocycles. The predicted molar refractivity (Wildman–Crippen MR) is 119 cm³/mol. The Morgan fingerprint density at radius 1 is 1.17 bits per heavy atom. The minimum absolute atomic E-state index is 0.0537. The Labute approximate surface area is 203 Å². The summed E-state index contributed by atoms with van der Waals surface area (Å²) >= 11 is 0. The van der Waals surface area contributed by atoms with E-state index in [-0.39, 0.29) is 47.4 Å². The van der Waals surface area contributed by atoms with Gasteiger partial charge in [0, 0.05) is 6.07 Å². The van der Waals surface area contributed by atoms with E-state index in [2.05, 4.69) is 14.8 Å². The SMILES string of the molecule is CCOc1cc(/C=C2\NC(=O)N(Cc3ccc(C(=O)OC)o3)C2=O)cc([N+](=O)[O-])c1OCC(=O)OC. The molecule has 1 N–H and O–H groups in total. The van der Waals surface area contributed by atoms with Crippen molar-refractivity contribution in [2.45, 2.75) is 13.5 Å². The lowest BCUT2D eigenvalue weighted by molar-refractivity contribution is -0.385. The number of imide groups is 1. The first-order chi connectivity index (χ1) is 17.2. The van der Waals surface area contributed by atoms with E-state index in [4.69, 9.17) is 13.9 Å². The van der Waals surface area contributed by atoms with Gasteiger partial charge in [-0.15, -0.1) is 0 Å². The van der Waals surface area contributed by atoms with Gasteiger partial charge >= 0.3 is 23.7 Å². The van der Waals surface area contributed by atoms with Gasteiger partial charge in [-0.1, -0.05) is 0 Å². The first-order valence-corrected chi connectivity index (χ1v) is 10.3. The summed E-state index contributed by atoms with van der Waals surface area (Å²) in [6, 6.07) is 4.44. The lowest BCUT2D eigenvalue weighted by atomic mass is 10.1. The van der Waals surface area contributed by atoms with Crippen LogP contribution in [0.4, 0.5) is 10.5 Å². The molecule has 36 heavy (non-hydrogen) atoms. The molecular weight excluding hydrogens is 482 g/mol. The quantitative estimate of drug-likeness (QED) is 0.165. The molecule has 3 amide bonds. The Hall–Kier alpha value is -4.88. The number of ether oxygens (including phenoxy) is 4. The van der Waals surface area contributed by atoms with E-state index in [0.29, 0.717) is 0 Å². The Balaban J connectivity index is 1.89. The summed E-state index contributed by atoms with van der Waals surface area (Å²) in [5, 5.41) is 14.1. The monoisotopic (exact) mass is 503 g/mol. The fourth-order valence-corrected chi connectivity index (χ4v) is 3.14. The molecule has 2 heterocycles. The summed E-state index contributed by atoms with van der Waals surface area (Å²) in [6.45, 7) is 0.890. The highest BCUT2D eigenvalue weighted by Gasteiger charge is 2.35. The van der Waals surface area contributed by atoms with Gasteiger partial charge in [-0.25, -0.2) is 14.4 Å². The zero-order valence-electron chi connectivity index (χ0n) is 19.4. The first kappa shape index (κ1) is 25.7. The molecule has 190 valence electrons. The summed E-state index contributed by atoms with van der Waals surface area (Å²) < 4.78 is 25.0. The van der Waals surface area contributed by atoms with Crippen molar-refractivity contribution in [1.82, 2.24) is 10.2 Å². The van der Waals surface area contributed by atoms with E-state index in [1.54, 1.807) is 6.92 Å².